The summed E-state index contributed by atoms with van der Waals surface area (Å²) >= 11 is 8.55. The van der Waals surface area contributed by atoms with Crippen molar-refractivity contribution in [1.29, 1.82) is 0 Å². The van der Waals surface area contributed by atoms with Gasteiger partial charge in [-0.3, -0.25) is 14.5 Å². The van der Waals surface area contributed by atoms with Crippen molar-refractivity contribution in [2.75, 3.05) is 4.90 Å². The molecule has 3 rings (SSSR count). The van der Waals surface area contributed by atoms with Crippen molar-refractivity contribution in [2.24, 2.45) is 0 Å². The van der Waals surface area contributed by atoms with Crippen LogP contribution in [0.3, 0.4) is 0 Å². The van der Waals surface area contributed by atoms with E-state index in [1.807, 2.05) is 38.3 Å². The Hall–Kier alpha value is -2.29. The molecule has 2 aromatic heterocycles. The Balaban J connectivity index is 2.10. The minimum Gasteiger partial charge on any atom is -0.349 e. The smallest absolute Gasteiger partial charge is 0.280 e. The van der Waals surface area contributed by atoms with Crippen LogP contribution in [0.5, 0.6) is 0 Å². The zero-order chi connectivity index (χ0) is 21.0. The summed E-state index contributed by atoms with van der Waals surface area (Å²) in [6.07, 6.45) is 0.751. The predicted octanol–water partition coefficient (Wildman–Crippen LogP) is 4.95. The molecule has 6 nitrogen and oxygen atoms in total. The molecule has 0 aliphatic carbocycles. The van der Waals surface area contributed by atoms with Gasteiger partial charge in [0.1, 0.15) is 0 Å². The van der Waals surface area contributed by atoms with E-state index < -0.39 is 17.5 Å². The highest BCUT2D eigenvalue weighted by atomic mass is 35.5. The maximum absolute atomic E-state index is 13.4. The molecular weight excluding hydrogens is 428 g/mol. The van der Waals surface area contributed by atoms with Crippen LogP contribution < -0.4 is 10.2 Å². The molecule has 0 saturated carbocycles. The lowest BCUT2D eigenvalue weighted by molar-refractivity contribution is -0.124. The standard InChI is InChI=1S/C20H21ClN4O2S2/c1-4-20(2,3)22-18(26)17(16-6-5-11-28-16)25(14-9-7-13(21)8-10-14)19(27)15-12-29-24-23-15/h5-12,17H,4H2,1-3H3,(H,22,26). The minimum absolute atomic E-state index is 0.189. The van der Waals surface area contributed by atoms with E-state index in [0.717, 1.165) is 22.8 Å². The summed E-state index contributed by atoms with van der Waals surface area (Å²) in [5.41, 5.74) is 0.327. The molecule has 2 heterocycles. The molecule has 0 aliphatic rings. The Morgan fingerprint density at radius 3 is 2.52 bits per heavy atom. The van der Waals surface area contributed by atoms with Gasteiger partial charge in [0, 0.05) is 26.5 Å². The first-order valence-electron chi connectivity index (χ1n) is 9.04. The van der Waals surface area contributed by atoms with Gasteiger partial charge in [0.2, 0.25) is 5.91 Å². The number of rotatable bonds is 7. The minimum atomic E-state index is -0.851. The van der Waals surface area contributed by atoms with Crippen molar-refractivity contribution in [3.8, 4) is 0 Å². The third-order valence-electron chi connectivity index (χ3n) is 4.57. The summed E-state index contributed by atoms with van der Waals surface area (Å²) in [5, 5.41) is 11.0. The molecule has 1 atom stereocenters. The van der Waals surface area contributed by atoms with Crippen LogP contribution in [0, 0.1) is 0 Å². The highest BCUT2D eigenvalue weighted by molar-refractivity contribution is 7.10. The van der Waals surface area contributed by atoms with Crippen molar-refractivity contribution in [2.45, 2.75) is 38.8 Å². The number of nitrogens with zero attached hydrogens (tertiary/aromatic N) is 3. The van der Waals surface area contributed by atoms with Crippen LogP contribution >= 0.6 is 34.5 Å². The monoisotopic (exact) mass is 448 g/mol. The van der Waals surface area contributed by atoms with Crippen molar-refractivity contribution < 1.29 is 9.59 Å². The molecule has 9 heteroatoms. The van der Waals surface area contributed by atoms with Crippen LogP contribution in [0.1, 0.15) is 48.6 Å². The average molecular weight is 449 g/mol. The van der Waals surface area contributed by atoms with Gasteiger partial charge in [0.05, 0.1) is 0 Å². The van der Waals surface area contributed by atoms with Gasteiger partial charge in [-0.25, -0.2) is 0 Å². The number of carbonyl (C=O) groups excluding carboxylic acids is 2. The molecule has 0 radical (unpaired) electrons. The van der Waals surface area contributed by atoms with Crippen LogP contribution in [-0.4, -0.2) is 26.9 Å². The van der Waals surface area contributed by atoms with Crippen LogP contribution in [-0.2, 0) is 4.79 Å². The number of anilines is 1. The maximum atomic E-state index is 13.4. The molecule has 2 amide bonds. The molecule has 0 saturated heterocycles. The van der Waals surface area contributed by atoms with Crippen LogP contribution in [0.15, 0.2) is 47.2 Å². The van der Waals surface area contributed by atoms with Gasteiger partial charge < -0.3 is 5.32 Å². The third-order valence-corrected chi connectivity index (χ3v) is 6.25. The molecule has 0 fully saturated rings. The Labute approximate surface area is 182 Å². The predicted molar refractivity (Wildman–Crippen MR) is 118 cm³/mol. The van der Waals surface area contributed by atoms with E-state index in [9.17, 15) is 9.59 Å². The average Bonchev–Trinajstić information content (AvgIpc) is 3.40. The highest BCUT2D eigenvalue weighted by Crippen LogP contribution is 2.33. The number of hydrogen-bond acceptors (Lipinski definition) is 6. The second-order valence-corrected chi connectivity index (χ2v) is 9.11. The number of nitrogens with one attached hydrogen (secondary N) is 1. The SMILES string of the molecule is CCC(C)(C)NC(=O)C(c1cccs1)N(C(=O)c1csnn1)c1ccc(Cl)cc1. The van der Waals surface area contributed by atoms with Gasteiger partial charge in [-0.2, -0.15) is 0 Å². The molecule has 1 unspecified atom stereocenters. The number of amides is 2. The number of benzene rings is 1. The van der Waals surface area contributed by atoms with E-state index in [1.54, 1.807) is 29.6 Å². The summed E-state index contributed by atoms with van der Waals surface area (Å²) in [5.74, 6) is -0.658. The van der Waals surface area contributed by atoms with E-state index >= 15 is 0 Å². The maximum Gasteiger partial charge on any atom is 0.280 e. The Kier molecular flexibility index (Phi) is 6.66. The summed E-state index contributed by atoms with van der Waals surface area (Å²) in [7, 11) is 0. The van der Waals surface area contributed by atoms with Crippen molar-refractivity contribution in [3.05, 3.63) is 62.8 Å². The van der Waals surface area contributed by atoms with Gasteiger partial charge in [-0.05, 0) is 67.5 Å². The van der Waals surface area contributed by atoms with E-state index in [1.165, 1.54) is 16.2 Å². The van der Waals surface area contributed by atoms with E-state index in [0.29, 0.717) is 10.7 Å². The fourth-order valence-corrected chi connectivity index (χ4v) is 4.05. The first-order chi connectivity index (χ1) is 13.8. The lowest BCUT2D eigenvalue weighted by atomic mass is 10.0. The molecule has 0 spiro atoms. The summed E-state index contributed by atoms with van der Waals surface area (Å²) in [6, 6.07) is 9.68. The molecule has 3 aromatic rings. The molecule has 152 valence electrons. The van der Waals surface area contributed by atoms with E-state index in [2.05, 4.69) is 14.9 Å². The Bertz CT molecular complexity index is 957. The van der Waals surface area contributed by atoms with Crippen molar-refractivity contribution in [1.82, 2.24) is 14.9 Å². The molecule has 1 N–H and O–H groups in total. The fraction of sp³-hybridized carbons (Fsp3) is 0.300. The molecular formula is C20H21ClN4O2S2. The zero-order valence-electron chi connectivity index (χ0n) is 16.3. The number of carbonyl (C=O) groups is 2. The Morgan fingerprint density at radius 1 is 1.24 bits per heavy atom. The first-order valence-corrected chi connectivity index (χ1v) is 11.1. The normalized spacial score (nSPS) is 12.4. The largest absolute Gasteiger partial charge is 0.349 e. The molecule has 1 aromatic carbocycles. The summed E-state index contributed by atoms with van der Waals surface area (Å²) in [4.78, 5) is 29.0. The molecule has 0 bridgehead atoms. The summed E-state index contributed by atoms with van der Waals surface area (Å²) in [6.45, 7) is 5.91. The Morgan fingerprint density at radius 2 is 1.97 bits per heavy atom. The van der Waals surface area contributed by atoms with Crippen LogP contribution in [0.4, 0.5) is 5.69 Å². The third kappa shape index (κ3) is 5.01. The second-order valence-electron chi connectivity index (χ2n) is 7.09. The van der Waals surface area contributed by atoms with E-state index in [-0.39, 0.29) is 11.6 Å². The molecule has 29 heavy (non-hydrogen) atoms. The number of thiophene rings is 1. The van der Waals surface area contributed by atoms with Crippen LogP contribution in [0.2, 0.25) is 5.02 Å². The van der Waals surface area contributed by atoms with Gasteiger partial charge in [-0.1, -0.05) is 29.1 Å². The second kappa shape index (κ2) is 9.02. The van der Waals surface area contributed by atoms with Gasteiger partial charge in [0.25, 0.3) is 5.91 Å². The zero-order valence-corrected chi connectivity index (χ0v) is 18.6. The topological polar surface area (TPSA) is 75.2 Å². The number of halogens is 1. The lowest BCUT2D eigenvalue weighted by Crippen LogP contribution is -2.50. The summed E-state index contributed by atoms with van der Waals surface area (Å²) < 4.78 is 3.80. The highest BCUT2D eigenvalue weighted by Gasteiger charge is 2.36. The van der Waals surface area contributed by atoms with E-state index in [4.69, 9.17) is 11.6 Å². The number of aromatic nitrogens is 2. The first kappa shape index (κ1) is 21.4. The van der Waals surface area contributed by atoms with Gasteiger partial charge in [-0.15, -0.1) is 16.4 Å². The van der Waals surface area contributed by atoms with Gasteiger partial charge >= 0.3 is 0 Å². The molecule has 0 aliphatic heterocycles. The quantitative estimate of drug-likeness (QED) is 0.555. The van der Waals surface area contributed by atoms with Gasteiger partial charge in [0.15, 0.2) is 11.7 Å². The lowest BCUT2D eigenvalue weighted by Gasteiger charge is -2.33. The number of hydrogen-bond donors (Lipinski definition) is 1. The fourth-order valence-electron chi connectivity index (χ4n) is 2.68. The van der Waals surface area contributed by atoms with Crippen molar-refractivity contribution in [3.63, 3.8) is 0 Å². The van der Waals surface area contributed by atoms with Crippen LogP contribution in [0.25, 0.3) is 0 Å². The van der Waals surface area contributed by atoms with Crippen molar-refractivity contribution >= 4 is 52.0 Å².